The molecular weight excluding hydrogens is 755 g/mol. The SMILES string of the molecule is CC/C=C/C=C/C=C\C=C/C=C/CC(CC(=O)NC(CO)C(O)CCCCCCCCCCCCCCCC)OC(=O)CCCCCCCCC/C=C\C/C=C\CCCCC. The first-order valence-electron chi connectivity index (χ1n) is 25.4. The molecule has 3 unspecified atom stereocenters. The monoisotopic (exact) mass is 850 g/mol. The van der Waals surface area contributed by atoms with E-state index in [0.717, 1.165) is 57.8 Å². The van der Waals surface area contributed by atoms with Gasteiger partial charge in [0.15, 0.2) is 0 Å². The maximum atomic E-state index is 13.1. The van der Waals surface area contributed by atoms with E-state index in [1.807, 2.05) is 54.7 Å². The molecule has 0 aliphatic rings. The summed E-state index contributed by atoms with van der Waals surface area (Å²) >= 11 is 0. The van der Waals surface area contributed by atoms with Crippen molar-refractivity contribution in [2.45, 2.75) is 244 Å². The number of carbonyl (C=O) groups excluding carboxylic acids is 2. The van der Waals surface area contributed by atoms with Gasteiger partial charge in [-0.3, -0.25) is 9.59 Å². The second-order valence-corrected chi connectivity index (χ2v) is 17.0. The van der Waals surface area contributed by atoms with Crippen molar-refractivity contribution in [2.75, 3.05) is 6.61 Å². The number of aliphatic hydroxyl groups is 2. The number of carbonyl (C=O) groups is 2. The van der Waals surface area contributed by atoms with Crippen molar-refractivity contribution >= 4 is 11.9 Å². The fraction of sp³-hybridized carbons (Fsp3) is 0.709. The molecule has 1 amide bonds. The third kappa shape index (κ3) is 43.5. The normalized spacial score (nSPS) is 14.0. The van der Waals surface area contributed by atoms with Crippen molar-refractivity contribution in [3.63, 3.8) is 0 Å². The predicted octanol–water partition coefficient (Wildman–Crippen LogP) is 15.2. The largest absolute Gasteiger partial charge is 0.461 e. The minimum Gasteiger partial charge on any atom is -0.461 e. The molecule has 0 radical (unpaired) electrons. The van der Waals surface area contributed by atoms with Gasteiger partial charge in [0.25, 0.3) is 0 Å². The minimum atomic E-state index is -0.822. The molecule has 0 aromatic carbocycles. The van der Waals surface area contributed by atoms with Crippen LogP contribution in [0.2, 0.25) is 0 Å². The van der Waals surface area contributed by atoms with Crippen LogP contribution in [0, 0.1) is 0 Å². The number of amides is 1. The van der Waals surface area contributed by atoms with Crippen LogP contribution in [0.5, 0.6) is 0 Å². The zero-order valence-electron chi connectivity index (χ0n) is 39.8. The maximum absolute atomic E-state index is 13.1. The standard InChI is InChI=1S/C55H95NO5/c1-4-7-10-13-16-19-22-24-26-27-28-30-33-36-39-42-45-48-55(60)61-51(46-43-40-37-34-31-21-18-15-12-9-6-3)49-54(59)56-52(50-57)53(58)47-44-41-38-35-32-29-25-23-20-17-14-11-8-5-2/h9,12,15-16,18-19,21,24,26,31,34,37,40,43,51-53,57-58H,4-8,10-11,13-14,17,20,22-23,25,27-30,32-33,35-36,38-39,41-42,44-50H2,1-3H3,(H,56,59)/b12-9+,18-15+,19-16-,26-24-,31-21-,37-34-,43-40+. The highest BCUT2D eigenvalue weighted by molar-refractivity contribution is 5.77. The van der Waals surface area contributed by atoms with Gasteiger partial charge in [-0.25, -0.2) is 0 Å². The van der Waals surface area contributed by atoms with Gasteiger partial charge in [-0.2, -0.15) is 0 Å². The highest BCUT2D eigenvalue weighted by Gasteiger charge is 2.23. The first-order chi connectivity index (χ1) is 30.0. The van der Waals surface area contributed by atoms with Gasteiger partial charge < -0.3 is 20.3 Å². The Hall–Kier alpha value is -2.96. The zero-order valence-corrected chi connectivity index (χ0v) is 39.8. The fourth-order valence-corrected chi connectivity index (χ4v) is 7.25. The molecule has 0 aliphatic heterocycles. The smallest absolute Gasteiger partial charge is 0.306 e. The van der Waals surface area contributed by atoms with Crippen molar-refractivity contribution in [2.24, 2.45) is 0 Å². The number of unbranched alkanes of at least 4 members (excludes halogenated alkanes) is 23. The van der Waals surface area contributed by atoms with Gasteiger partial charge in [0.2, 0.25) is 5.91 Å². The van der Waals surface area contributed by atoms with Crippen molar-refractivity contribution in [1.29, 1.82) is 0 Å². The Kier molecular flexibility index (Phi) is 45.7. The molecule has 0 fully saturated rings. The maximum Gasteiger partial charge on any atom is 0.306 e. The third-order valence-corrected chi connectivity index (χ3v) is 11.1. The molecule has 61 heavy (non-hydrogen) atoms. The van der Waals surface area contributed by atoms with E-state index in [9.17, 15) is 19.8 Å². The van der Waals surface area contributed by atoms with E-state index in [4.69, 9.17) is 4.74 Å². The molecular formula is C55H95NO5. The van der Waals surface area contributed by atoms with Crippen LogP contribution in [0.3, 0.4) is 0 Å². The highest BCUT2D eigenvalue weighted by atomic mass is 16.5. The summed E-state index contributed by atoms with van der Waals surface area (Å²) in [6.07, 6.45) is 62.4. The van der Waals surface area contributed by atoms with Crippen LogP contribution in [0.25, 0.3) is 0 Å². The number of hydrogen-bond donors (Lipinski definition) is 3. The number of rotatable bonds is 44. The van der Waals surface area contributed by atoms with E-state index in [1.54, 1.807) is 0 Å². The molecule has 0 rings (SSSR count). The van der Waals surface area contributed by atoms with Crippen LogP contribution in [0.1, 0.15) is 226 Å². The molecule has 6 heteroatoms. The number of allylic oxidation sites excluding steroid dienone is 13. The molecule has 0 saturated carbocycles. The van der Waals surface area contributed by atoms with Crippen LogP contribution < -0.4 is 5.32 Å². The van der Waals surface area contributed by atoms with Crippen molar-refractivity contribution < 1.29 is 24.5 Å². The average Bonchev–Trinajstić information content (AvgIpc) is 3.25. The summed E-state index contributed by atoms with van der Waals surface area (Å²) in [4.78, 5) is 26.0. The summed E-state index contributed by atoms with van der Waals surface area (Å²) in [5, 5.41) is 23.7. The number of esters is 1. The van der Waals surface area contributed by atoms with E-state index in [-0.39, 0.29) is 24.9 Å². The summed E-state index contributed by atoms with van der Waals surface area (Å²) in [6, 6.07) is -0.744. The van der Waals surface area contributed by atoms with Crippen molar-refractivity contribution in [3.8, 4) is 0 Å². The number of aliphatic hydroxyl groups excluding tert-OH is 2. The summed E-state index contributed by atoms with van der Waals surface area (Å²) in [5.41, 5.74) is 0. The average molecular weight is 850 g/mol. The van der Waals surface area contributed by atoms with E-state index in [0.29, 0.717) is 19.3 Å². The molecule has 3 atom stereocenters. The molecule has 0 spiro atoms. The minimum absolute atomic E-state index is 0.0250. The number of ether oxygens (including phenoxy) is 1. The van der Waals surface area contributed by atoms with Gasteiger partial charge in [0.05, 0.1) is 25.2 Å². The summed E-state index contributed by atoms with van der Waals surface area (Å²) in [5.74, 6) is -0.620. The predicted molar refractivity (Wildman–Crippen MR) is 264 cm³/mol. The van der Waals surface area contributed by atoms with Crippen molar-refractivity contribution in [1.82, 2.24) is 5.32 Å². The summed E-state index contributed by atoms with van der Waals surface area (Å²) in [6.45, 7) is 6.27. The van der Waals surface area contributed by atoms with Gasteiger partial charge in [-0.15, -0.1) is 0 Å². The van der Waals surface area contributed by atoms with E-state index < -0.39 is 18.2 Å². The Morgan fingerprint density at radius 1 is 0.525 bits per heavy atom. The van der Waals surface area contributed by atoms with Crippen LogP contribution >= 0.6 is 0 Å². The Bertz CT molecular complexity index is 1180. The van der Waals surface area contributed by atoms with E-state index in [2.05, 4.69) is 56.5 Å². The quantitative estimate of drug-likeness (QED) is 0.0246. The number of hydrogen-bond acceptors (Lipinski definition) is 5. The lowest BCUT2D eigenvalue weighted by molar-refractivity contribution is -0.150. The van der Waals surface area contributed by atoms with Crippen LogP contribution in [-0.2, 0) is 14.3 Å². The molecule has 0 heterocycles. The summed E-state index contributed by atoms with van der Waals surface area (Å²) < 4.78 is 5.83. The molecule has 6 nitrogen and oxygen atoms in total. The molecule has 3 N–H and O–H groups in total. The fourth-order valence-electron chi connectivity index (χ4n) is 7.25. The second kappa shape index (κ2) is 48.1. The summed E-state index contributed by atoms with van der Waals surface area (Å²) in [7, 11) is 0. The Morgan fingerprint density at radius 2 is 0.967 bits per heavy atom. The van der Waals surface area contributed by atoms with E-state index in [1.165, 1.54) is 122 Å². The number of nitrogens with one attached hydrogen (secondary N) is 1. The Morgan fingerprint density at radius 3 is 1.49 bits per heavy atom. The highest BCUT2D eigenvalue weighted by Crippen LogP contribution is 2.16. The van der Waals surface area contributed by atoms with Gasteiger partial charge in [-0.1, -0.05) is 241 Å². The molecule has 0 aromatic rings. The first-order valence-corrected chi connectivity index (χ1v) is 25.4. The van der Waals surface area contributed by atoms with Crippen molar-refractivity contribution in [3.05, 3.63) is 85.1 Å². The molecule has 350 valence electrons. The molecule has 0 saturated heterocycles. The van der Waals surface area contributed by atoms with Crippen LogP contribution in [0.4, 0.5) is 0 Å². The third-order valence-electron chi connectivity index (χ3n) is 11.1. The zero-order chi connectivity index (χ0) is 44.5. The Labute approximate surface area is 376 Å². The van der Waals surface area contributed by atoms with Gasteiger partial charge in [0, 0.05) is 12.8 Å². The molecule has 0 aliphatic carbocycles. The molecule has 0 bridgehead atoms. The van der Waals surface area contributed by atoms with Gasteiger partial charge >= 0.3 is 5.97 Å². The Balaban J connectivity index is 4.64. The van der Waals surface area contributed by atoms with Gasteiger partial charge in [-0.05, 0) is 51.4 Å². The van der Waals surface area contributed by atoms with Crippen LogP contribution in [-0.4, -0.2) is 46.9 Å². The molecule has 0 aromatic heterocycles. The van der Waals surface area contributed by atoms with Crippen LogP contribution in [0.15, 0.2) is 85.1 Å². The lowest BCUT2D eigenvalue weighted by atomic mass is 10.0. The van der Waals surface area contributed by atoms with E-state index >= 15 is 0 Å². The van der Waals surface area contributed by atoms with Gasteiger partial charge in [0.1, 0.15) is 6.10 Å². The topological polar surface area (TPSA) is 95.9 Å². The first kappa shape index (κ1) is 58.0. The lowest BCUT2D eigenvalue weighted by Gasteiger charge is -2.24. The lowest BCUT2D eigenvalue weighted by Crippen LogP contribution is -2.46. The second-order valence-electron chi connectivity index (χ2n) is 17.0.